The van der Waals surface area contributed by atoms with Gasteiger partial charge in [-0.3, -0.25) is 4.57 Å². The molecule has 0 saturated carbocycles. The normalized spacial score (nSPS) is 13.9. The first-order chi connectivity index (χ1) is 19.8. The van der Waals surface area contributed by atoms with Crippen molar-refractivity contribution in [2.75, 3.05) is 0 Å². The van der Waals surface area contributed by atoms with Gasteiger partial charge in [0.15, 0.2) is 0 Å². The molecule has 3 aromatic heterocycles. The summed E-state index contributed by atoms with van der Waals surface area (Å²) < 4.78 is 4.69. The minimum atomic E-state index is 0.865. The molecule has 0 fully saturated rings. The van der Waals surface area contributed by atoms with E-state index >= 15 is 0 Å². The van der Waals surface area contributed by atoms with Crippen LogP contribution >= 0.6 is 0 Å². The molecule has 0 spiro atoms. The molecule has 7 aromatic rings. The summed E-state index contributed by atoms with van der Waals surface area (Å²) in [5, 5.41) is 5.01. The number of para-hydroxylation sites is 2. The average Bonchev–Trinajstić information content (AvgIpc) is 3.41. The van der Waals surface area contributed by atoms with E-state index < -0.39 is 0 Å². The maximum absolute atomic E-state index is 4.67. The van der Waals surface area contributed by atoms with Crippen molar-refractivity contribution >= 4 is 49.3 Å². The predicted molar refractivity (Wildman–Crippen MR) is 169 cm³/mol. The van der Waals surface area contributed by atoms with E-state index in [-0.39, 0.29) is 0 Å². The first kappa shape index (κ1) is 22.8. The van der Waals surface area contributed by atoms with Crippen LogP contribution in [0.25, 0.3) is 66.3 Å². The van der Waals surface area contributed by atoms with Gasteiger partial charge in [-0.15, -0.1) is 0 Å². The van der Waals surface area contributed by atoms with Crippen LogP contribution in [0.1, 0.15) is 12.8 Å². The molecule has 8 rings (SSSR count). The Morgan fingerprint density at radius 2 is 1.27 bits per heavy atom. The molecule has 3 heteroatoms. The van der Waals surface area contributed by atoms with E-state index in [0.29, 0.717) is 0 Å². The molecule has 0 N–H and O–H groups in total. The molecule has 40 heavy (non-hydrogen) atoms. The minimum Gasteiger partial charge on any atom is -0.313 e. The second-order valence-electron chi connectivity index (χ2n) is 10.6. The van der Waals surface area contributed by atoms with Crippen LogP contribution in [0.4, 0.5) is 0 Å². The highest BCUT2D eigenvalue weighted by Gasteiger charge is 2.17. The smallest absolute Gasteiger partial charge is 0.137 e. The molecular weight excluding hydrogens is 486 g/mol. The number of hydrogen-bond acceptors (Lipinski definition) is 1. The Hall–Kier alpha value is -5.15. The molecule has 0 saturated heterocycles. The Morgan fingerprint density at radius 1 is 0.600 bits per heavy atom. The van der Waals surface area contributed by atoms with Crippen LogP contribution in [0, 0.1) is 0 Å². The summed E-state index contributed by atoms with van der Waals surface area (Å²) in [4.78, 5) is 4.67. The van der Waals surface area contributed by atoms with E-state index in [4.69, 9.17) is 0 Å². The monoisotopic (exact) mass is 513 g/mol. The third kappa shape index (κ3) is 3.48. The molecule has 4 aromatic carbocycles. The van der Waals surface area contributed by atoms with Gasteiger partial charge in [0, 0.05) is 39.9 Å². The van der Waals surface area contributed by atoms with Gasteiger partial charge in [0.25, 0.3) is 0 Å². The van der Waals surface area contributed by atoms with Crippen LogP contribution in [-0.2, 0) is 0 Å². The third-order valence-corrected chi connectivity index (χ3v) is 8.11. The largest absolute Gasteiger partial charge is 0.313 e. The number of fused-ring (bicyclic) bond motifs is 6. The van der Waals surface area contributed by atoms with Crippen LogP contribution in [0.15, 0.2) is 140 Å². The van der Waals surface area contributed by atoms with Gasteiger partial charge in [0.05, 0.1) is 22.1 Å². The van der Waals surface area contributed by atoms with Crippen molar-refractivity contribution < 1.29 is 0 Å². The van der Waals surface area contributed by atoms with Gasteiger partial charge in [-0.1, -0.05) is 85.0 Å². The number of nitrogens with zero attached hydrogens (tertiary/aromatic N) is 3. The number of aromatic nitrogens is 3. The summed E-state index contributed by atoms with van der Waals surface area (Å²) in [6.45, 7) is 4.33. The summed E-state index contributed by atoms with van der Waals surface area (Å²) >= 11 is 0. The van der Waals surface area contributed by atoms with E-state index in [2.05, 4.69) is 130 Å². The summed E-state index contributed by atoms with van der Waals surface area (Å²) in [5.41, 5.74) is 9.69. The maximum atomic E-state index is 4.67. The van der Waals surface area contributed by atoms with E-state index in [1.165, 1.54) is 55.0 Å². The standard InChI is InChI=1S/C37H27N3/c1-25-10-2-3-11-28(22-25)39-33-14-6-4-12-29(33)31-19-17-27(24-36(31)39)26-18-20-35-32(23-26)30-13-5-7-15-34(30)40(35)37-16-8-9-21-38-37/h2-9,11-21,23-24H,1,10,22H2. The van der Waals surface area contributed by atoms with Gasteiger partial charge in [-0.05, 0) is 66.1 Å². The molecule has 0 aliphatic heterocycles. The molecule has 3 heterocycles. The van der Waals surface area contributed by atoms with Crippen molar-refractivity contribution in [3.8, 4) is 16.9 Å². The van der Waals surface area contributed by atoms with Crippen molar-refractivity contribution in [2.24, 2.45) is 0 Å². The number of hydrogen-bond donors (Lipinski definition) is 0. The van der Waals surface area contributed by atoms with E-state index in [0.717, 1.165) is 29.7 Å². The number of benzene rings is 4. The molecule has 0 bridgehead atoms. The summed E-state index contributed by atoms with van der Waals surface area (Å²) in [5.74, 6) is 0.930. The fraction of sp³-hybridized carbons (Fsp3) is 0.0541. The first-order valence-corrected chi connectivity index (χ1v) is 13.8. The lowest BCUT2D eigenvalue weighted by Gasteiger charge is -2.13. The molecule has 1 aliphatic carbocycles. The van der Waals surface area contributed by atoms with Crippen LogP contribution < -0.4 is 0 Å². The van der Waals surface area contributed by atoms with Gasteiger partial charge in [0.2, 0.25) is 0 Å². The van der Waals surface area contributed by atoms with Crippen LogP contribution in [0.2, 0.25) is 0 Å². The second-order valence-corrected chi connectivity index (χ2v) is 10.6. The lowest BCUT2D eigenvalue weighted by molar-refractivity contribution is 1.06. The lowest BCUT2D eigenvalue weighted by atomic mass is 10.0. The molecule has 1 aliphatic rings. The molecule has 0 atom stereocenters. The Kier molecular flexibility index (Phi) is 5.11. The van der Waals surface area contributed by atoms with Crippen LogP contribution in [-0.4, -0.2) is 14.1 Å². The molecule has 190 valence electrons. The highest BCUT2D eigenvalue weighted by Crippen LogP contribution is 2.38. The van der Waals surface area contributed by atoms with Crippen molar-refractivity contribution in [2.45, 2.75) is 12.8 Å². The van der Waals surface area contributed by atoms with Crippen LogP contribution in [0.3, 0.4) is 0 Å². The van der Waals surface area contributed by atoms with Gasteiger partial charge < -0.3 is 4.57 Å². The van der Waals surface area contributed by atoms with Gasteiger partial charge >= 0.3 is 0 Å². The predicted octanol–water partition coefficient (Wildman–Crippen LogP) is 9.70. The zero-order valence-corrected chi connectivity index (χ0v) is 22.1. The van der Waals surface area contributed by atoms with Crippen molar-refractivity contribution in [1.82, 2.24) is 14.1 Å². The Bertz CT molecular complexity index is 2170. The molecular formula is C37H27N3. The van der Waals surface area contributed by atoms with E-state index in [1.54, 1.807) is 0 Å². The lowest BCUT2D eigenvalue weighted by Crippen LogP contribution is -1.98. The third-order valence-electron chi connectivity index (χ3n) is 8.11. The number of allylic oxidation sites excluding steroid dienone is 5. The first-order valence-electron chi connectivity index (χ1n) is 13.8. The number of rotatable bonds is 3. The molecule has 0 unspecified atom stereocenters. The highest BCUT2D eigenvalue weighted by molar-refractivity contribution is 6.12. The van der Waals surface area contributed by atoms with Crippen molar-refractivity contribution in [1.29, 1.82) is 0 Å². The molecule has 0 amide bonds. The zero-order valence-electron chi connectivity index (χ0n) is 22.1. The number of pyridine rings is 1. The Balaban J connectivity index is 1.36. The van der Waals surface area contributed by atoms with E-state index in [9.17, 15) is 0 Å². The highest BCUT2D eigenvalue weighted by atomic mass is 15.1. The summed E-state index contributed by atoms with van der Waals surface area (Å²) in [7, 11) is 0. The Morgan fingerprint density at radius 3 is 2.10 bits per heavy atom. The SMILES string of the molecule is C=C1CC=CC=C(n2c3ccccc3c3ccc(-c4ccc5c(c4)c4ccccc4n5-c4ccccn4)cc32)C1. The van der Waals surface area contributed by atoms with Gasteiger partial charge in [-0.25, -0.2) is 4.98 Å². The van der Waals surface area contributed by atoms with E-state index in [1.807, 2.05) is 18.3 Å². The zero-order chi connectivity index (χ0) is 26.6. The summed E-state index contributed by atoms with van der Waals surface area (Å²) in [6.07, 6.45) is 10.3. The van der Waals surface area contributed by atoms with Crippen molar-refractivity contribution in [3.05, 3.63) is 140 Å². The van der Waals surface area contributed by atoms with Crippen molar-refractivity contribution in [3.63, 3.8) is 0 Å². The molecule has 3 nitrogen and oxygen atoms in total. The second kappa shape index (κ2) is 8.96. The van der Waals surface area contributed by atoms with Gasteiger partial charge in [-0.2, -0.15) is 0 Å². The quantitative estimate of drug-likeness (QED) is 0.216. The topological polar surface area (TPSA) is 22.8 Å². The minimum absolute atomic E-state index is 0.865. The maximum Gasteiger partial charge on any atom is 0.137 e. The van der Waals surface area contributed by atoms with Crippen LogP contribution in [0.5, 0.6) is 0 Å². The Labute approximate surface area is 232 Å². The summed E-state index contributed by atoms with van der Waals surface area (Å²) in [6, 6.07) is 37.1. The van der Waals surface area contributed by atoms with Gasteiger partial charge in [0.1, 0.15) is 5.82 Å². The molecule has 0 radical (unpaired) electrons. The fourth-order valence-corrected chi connectivity index (χ4v) is 6.30. The fourth-order valence-electron chi connectivity index (χ4n) is 6.30. The average molecular weight is 514 g/mol.